The highest BCUT2D eigenvalue weighted by atomic mass is 35.5. The molecule has 4 nitrogen and oxygen atoms in total. The Morgan fingerprint density at radius 3 is 2.67 bits per heavy atom. The van der Waals surface area contributed by atoms with Crippen molar-refractivity contribution in [2.45, 2.75) is 45.3 Å². The molecule has 0 spiro atoms. The third-order valence-electron chi connectivity index (χ3n) is 4.02. The van der Waals surface area contributed by atoms with Crippen LogP contribution >= 0.6 is 11.6 Å². The van der Waals surface area contributed by atoms with E-state index < -0.39 is 17.4 Å². The molecule has 1 saturated heterocycles. The van der Waals surface area contributed by atoms with Gasteiger partial charge in [0.2, 0.25) is 11.8 Å². The highest BCUT2D eigenvalue weighted by molar-refractivity contribution is 6.30. The summed E-state index contributed by atoms with van der Waals surface area (Å²) in [6.07, 6.45) is 0.505. The minimum atomic E-state index is -0.895. The van der Waals surface area contributed by atoms with E-state index >= 15 is 0 Å². The Balaban J connectivity index is 2.29. The summed E-state index contributed by atoms with van der Waals surface area (Å²) < 4.78 is 13.2. The van der Waals surface area contributed by atoms with E-state index in [4.69, 9.17) is 11.6 Å². The van der Waals surface area contributed by atoms with Gasteiger partial charge in [-0.25, -0.2) is 4.39 Å². The number of nitrogens with zero attached hydrogens (tertiary/aromatic N) is 1. The van der Waals surface area contributed by atoms with Gasteiger partial charge >= 0.3 is 0 Å². The number of amides is 2. The number of piperazine rings is 1. The Morgan fingerprint density at radius 2 is 2.10 bits per heavy atom. The molecule has 1 heterocycles. The van der Waals surface area contributed by atoms with E-state index in [2.05, 4.69) is 5.32 Å². The topological polar surface area (TPSA) is 49.4 Å². The van der Waals surface area contributed by atoms with E-state index in [-0.39, 0.29) is 23.4 Å². The summed E-state index contributed by atoms with van der Waals surface area (Å²) in [5, 5.41) is 2.77. The molecule has 1 aromatic rings. The molecule has 6 heteroatoms. The first-order chi connectivity index (χ1) is 9.78. The van der Waals surface area contributed by atoms with Gasteiger partial charge in [0.05, 0.1) is 5.02 Å². The molecule has 1 aromatic carbocycles. The van der Waals surface area contributed by atoms with Gasteiger partial charge in [-0.3, -0.25) is 9.59 Å². The van der Waals surface area contributed by atoms with Crippen molar-refractivity contribution >= 4 is 23.4 Å². The average Bonchev–Trinajstić information content (AvgIpc) is 2.45. The number of benzene rings is 1. The van der Waals surface area contributed by atoms with Crippen LogP contribution in [-0.2, 0) is 16.1 Å². The standard InChI is InChI=1S/C15H18ClFN2O2/c1-4-15(3)14(21)19(9(2)13(20)18-15)8-10-5-6-12(17)11(16)7-10/h5-7,9H,4,8H2,1-3H3,(H,18,20). The first-order valence-electron chi connectivity index (χ1n) is 6.85. The number of hydrogen-bond donors (Lipinski definition) is 1. The Bertz CT molecular complexity index is 593. The van der Waals surface area contributed by atoms with Crippen LogP contribution in [0.15, 0.2) is 18.2 Å². The highest BCUT2D eigenvalue weighted by Gasteiger charge is 2.45. The minimum Gasteiger partial charge on any atom is -0.340 e. The van der Waals surface area contributed by atoms with Crippen molar-refractivity contribution in [2.24, 2.45) is 0 Å². The summed E-state index contributed by atoms with van der Waals surface area (Å²) in [5.74, 6) is -0.834. The molecule has 1 fully saturated rings. The molecule has 0 aromatic heterocycles. The molecule has 0 aliphatic carbocycles. The van der Waals surface area contributed by atoms with Crippen molar-refractivity contribution in [1.29, 1.82) is 0 Å². The third-order valence-corrected chi connectivity index (χ3v) is 4.31. The van der Waals surface area contributed by atoms with Crippen LogP contribution in [0.1, 0.15) is 32.8 Å². The van der Waals surface area contributed by atoms with Crippen molar-refractivity contribution in [1.82, 2.24) is 10.2 Å². The van der Waals surface area contributed by atoms with Crippen LogP contribution < -0.4 is 5.32 Å². The number of halogens is 2. The minimum absolute atomic E-state index is 0.00677. The van der Waals surface area contributed by atoms with Crippen molar-refractivity contribution < 1.29 is 14.0 Å². The van der Waals surface area contributed by atoms with E-state index in [1.807, 2.05) is 6.92 Å². The van der Waals surface area contributed by atoms with Crippen LogP contribution in [0.5, 0.6) is 0 Å². The smallest absolute Gasteiger partial charge is 0.248 e. The molecule has 2 unspecified atom stereocenters. The van der Waals surface area contributed by atoms with E-state index in [0.29, 0.717) is 12.0 Å². The second-order valence-electron chi connectivity index (χ2n) is 5.53. The van der Waals surface area contributed by atoms with Gasteiger partial charge in [0.15, 0.2) is 0 Å². The Labute approximate surface area is 128 Å². The maximum Gasteiger partial charge on any atom is 0.248 e. The average molecular weight is 313 g/mol. The summed E-state index contributed by atoms with van der Waals surface area (Å²) in [7, 11) is 0. The fourth-order valence-electron chi connectivity index (χ4n) is 2.35. The SMILES string of the molecule is CCC1(C)NC(=O)C(C)N(Cc2ccc(F)c(Cl)c2)C1=O. The molecule has 0 bridgehead atoms. The fourth-order valence-corrected chi connectivity index (χ4v) is 2.55. The van der Waals surface area contributed by atoms with Gasteiger partial charge in [-0.05, 0) is 38.0 Å². The van der Waals surface area contributed by atoms with Crippen LogP contribution in [0.3, 0.4) is 0 Å². The Kier molecular flexibility index (Phi) is 4.23. The van der Waals surface area contributed by atoms with Crippen molar-refractivity contribution in [3.8, 4) is 0 Å². The number of carbonyl (C=O) groups excluding carboxylic acids is 2. The lowest BCUT2D eigenvalue weighted by atomic mass is 9.92. The molecule has 2 atom stereocenters. The summed E-state index contributed by atoms with van der Waals surface area (Å²) in [5.41, 5.74) is -0.206. The molecule has 2 amide bonds. The predicted molar refractivity (Wildman–Crippen MR) is 78.3 cm³/mol. The van der Waals surface area contributed by atoms with E-state index in [9.17, 15) is 14.0 Å². The summed E-state index contributed by atoms with van der Waals surface area (Å²) in [6.45, 7) is 5.46. The van der Waals surface area contributed by atoms with Crippen LogP contribution in [0.25, 0.3) is 0 Å². The molecule has 2 rings (SSSR count). The summed E-state index contributed by atoms with van der Waals surface area (Å²) in [6, 6.07) is 3.74. The van der Waals surface area contributed by atoms with Gasteiger partial charge in [0.1, 0.15) is 17.4 Å². The predicted octanol–water partition coefficient (Wildman–Crippen LogP) is 2.49. The molecule has 1 N–H and O–H groups in total. The second kappa shape index (κ2) is 5.64. The van der Waals surface area contributed by atoms with Crippen LogP contribution in [0.2, 0.25) is 5.02 Å². The largest absolute Gasteiger partial charge is 0.340 e. The van der Waals surface area contributed by atoms with Gasteiger partial charge in [-0.15, -0.1) is 0 Å². The van der Waals surface area contributed by atoms with Gasteiger partial charge in [0, 0.05) is 6.54 Å². The zero-order valence-electron chi connectivity index (χ0n) is 12.2. The molecule has 114 valence electrons. The van der Waals surface area contributed by atoms with E-state index in [1.54, 1.807) is 19.9 Å². The lowest BCUT2D eigenvalue weighted by Crippen LogP contribution is -2.68. The second-order valence-corrected chi connectivity index (χ2v) is 5.94. The van der Waals surface area contributed by atoms with Crippen molar-refractivity contribution in [3.63, 3.8) is 0 Å². The van der Waals surface area contributed by atoms with E-state index in [1.165, 1.54) is 17.0 Å². The number of hydrogen-bond acceptors (Lipinski definition) is 2. The fraction of sp³-hybridized carbons (Fsp3) is 0.467. The molecular weight excluding hydrogens is 295 g/mol. The summed E-state index contributed by atoms with van der Waals surface area (Å²) >= 11 is 5.76. The lowest BCUT2D eigenvalue weighted by Gasteiger charge is -2.43. The molecule has 0 saturated carbocycles. The van der Waals surface area contributed by atoms with Crippen LogP contribution in [0, 0.1) is 5.82 Å². The number of nitrogens with one attached hydrogen (secondary N) is 1. The molecule has 21 heavy (non-hydrogen) atoms. The van der Waals surface area contributed by atoms with Crippen molar-refractivity contribution in [2.75, 3.05) is 0 Å². The molecule has 1 aliphatic rings. The zero-order chi connectivity index (χ0) is 15.8. The monoisotopic (exact) mass is 312 g/mol. The normalized spacial score (nSPS) is 26.0. The van der Waals surface area contributed by atoms with Crippen LogP contribution in [0.4, 0.5) is 4.39 Å². The first-order valence-corrected chi connectivity index (χ1v) is 7.23. The molecule has 1 aliphatic heterocycles. The number of carbonyl (C=O) groups is 2. The van der Waals surface area contributed by atoms with Gasteiger partial charge in [-0.2, -0.15) is 0 Å². The maximum absolute atomic E-state index is 13.2. The zero-order valence-corrected chi connectivity index (χ0v) is 13.0. The Morgan fingerprint density at radius 1 is 1.43 bits per heavy atom. The molecular formula is C15H18ClFN2O2. The first kappa shape index (κ1) is 15.8. The van der Waals surface area contributed by atoms with Gasteiger partial charge in [-0.1, -0.05) is 24.6 Å². The third kappa shape index (κ3) is 2.88. The molecule has 0 radical (unpaired) electrons. The summed E-state index contributed by atoms with van der Waals surface area (Å²) in [4.78, 5) is 26.1. The maximum atomic E-state index is 13.2. The lowest BCUT2D eigenvalue weighted by molar-refractivity contribution is -0.154. The highest BCUT2D eigenvalue weighted by Crippen LogP contribution is 2.24. The van der Waals surface area contributed by atoms with Crippen molar-refractivity contribution in [3.05, 3.63) is 34.6 Å². The van der Waals surface area contributed by atoms with Gasteiger partial charge < -0.3 is 10.2 Å². The van der Waals surface area contributed by atoms with E-state index in [0.717, 1.165) is 0 Å². The van der Waals surface area contributed by atoms with Crippen LogP contribution in [-0.4, -0.2) is 28.3 Å². The van der Waals surface area contributed by atoms with Gasteiger partial charge in [0.25, 0.3) is 0 Å². The Hall–Kier alpha value is -1.62. The number of rotatable bonds is 3. The quantitative estimate of drug-likeness (QED) is 0.932.